The Labute approximate surface area is 277 Å². The Balaban J connectivity index is 1.48. The fourth-order valence-electron chi connectivity index (χ4n) is 8.47. The van der Waals surface area contributed by atoms with E-state index in [9.17, 15) is 0 Å². The molecule has 0 fully saturated rings. The van der Waals surface area contributed by atoms with Crippen molar-refractivity contribution in [3.8, 4) is 22.3 Å². The molecule has 0 N–H and O–H groups in total. The normalized spacial score (nSPS) is 18.5. The molecular weight excluding hydrogens is 683 g/mol. The van der Waals surface area contributed by atoms with Crippen LogP contribution in [-0.2, 0) is 15.6 Å². The number of aryl methyl sites for hydroxylation is 1. The third-order valence-corrected chi connectivity index (χ3v) is 62.7. The van der Waals surface area contributed by atoms with Crippen LogP contribution in [0.5, 0.6) is 0 Å². The molecule has 0 saturated heterocycles. The molecule has 2 aliphatic carbocycles. The molecule has 4 heteroatoms. The van der Waals surface area contributed by atoms with Crippen LogP contribution >= 0.6 is 17.0 Å². The number of rotatable bonds is 6. The van der Waals surface area contributed by atoms with Crippen molar-refractivity contribution < 1.29 is 15.6 Å². The molecule has 0 aromatic heterocycles. The van der Waals surface area contributed by atoms with Gasteiger partial charge in [-0.05, 0) is 0 Å². The van der Waals surface area contributed by atoms with Crippen LogP contribution in [0.25, 0.3) is 45.2 Å². The zero-order valence-corrected chi connectivity index (χ0v) is 32.2. The van der Waals surface area contributed by atoms with Gasteiger partial charge >= 0.3 is 280 Å². The summed E-state index contributed by atoms with van der Waals surface area (Å²) in [5.41, 5.74) is 14.5. The van der Waals surface area contributed by atoms with E-state index in [1.165, 1.54) is 72.0 Å². The summed E-state index contributed by atoms with van der Waals surface area (Å²) in [5, 5.41) is 2.54. The Bertz CT molecular complexity index is 2030. The molecule has 2 aliphatic rings. The van der Waals surface area contributed by atoms with E-state index in [1.807, 2.05) is 0 Å². The van der Waals surface area contributed by atoms with E-state index in [4.69, 9.17) is 17.0 Å². The maximum atomic E-state index is 8.65. The van der Waals surface area contributed by atoms with Gasteiger partial charge in [0.25, 0.3) is 0 Å². The standard InChI is InChI=1S/C22H19.C17H15.C2H7Si.2ClH.Zr/c1-15(2)18-13-17-9-6-12-21(22(17)14-18)20-11-5-8-16-7-3-4-10-19(16)20;1-12-10-16-13(2)8-9-15(17(16)11-12)14-6-4-3-5-7-14;1-3-2;;;/h3-15H,1-2H3;3-11H,1-2H3;3H,1-2H3;2*1H;/q;;;;;+2/p-2. The van der Waals surface area contributed by atoms with E-state index in [0.29, 0.717) is 5.92 Å². The topological polar surface area (TPSA) is 0 Å². The summed E-state index contributed by atoms with van der Waals surface area (Å²) >= 11 is -4.84. The zero-order valence-electron chi connectivity index (χ0n) is 27.0. The third kappa shape index (κ3) is 4.70. The Morgan fingerprint density at radius 2 is 1.31 bits per heavy atom. The summed E-state index contributed by atoms with van der Waals surface area (Å²) in [7, 11) is 17.3. The number of hydrogen-bond donors (Lipinski definition) is 0. The SMILES string of the molecule is CC1=Cc2c(-c3ccccc3)ccc(C)c2[CH]1[Zr]([Cl])([Cl])([CH]1C(C(C)C)=Cc2c(-c3cccc4ccccc34)cccc21)[SiH](C)C. The Morgan fingerprint density at radius 3 is 2.04 bits per heavy atom. The molecular formula is C41H41Cl2SiZr. The van der Waals surface area contributed by atoms with Crippen LogP contribution in [0.15, 0.2) is 114 Å². The second-order valence-electron chi connectivity index (χ2n) is 13.9. The van der Waals surface area contributed by atoms with Gasteiger partial charge in [-0.15, -0.1) is 0 Å². The van der Waals surface area contributed by atoms with Gasteiger partial charge < -0.3 is 0 Å². The van der Waals surface area contributed by atoms with Crippen molar-refractivity contribution in [3.05, 3.63) is 142 Å². The van der Waals surface area contributed by atoms with Gasteiger partial charge in [0.2, 0.25) is 0 Å². The molecule has 7 rings (SSSR count). The van der Waals surface area contributed by atoms with Gasteiger partial charge in [-0.25, -0.2) is 0 Å². The van der Waals surface area contributed by atoms with Crippen LogP contribution in [-0.4, -0.2) is 5.92 Å². The van der Waals surface area contributed by atoms with Gasteiger partial charge in [-0.3, -0.25) is 0 Å². The van der Waals surface area contributed by atoms with Crippen LogP contribution < -0.4 is 0 Å². The molecule has 0 radical (unpaired) electrons. The molecule has 0 amide bonds. The van der Waals surface area contributed by atoms with E-state index >= 15 is 0 Å². The maximum absolute atomic E-state index is 8.65. The van der Waals surface area contributed by atoms with Crippen LogP contribution in [0, 0.1) is 12.8 Å². The van der Waals surface area contributed by atoms with Crippen molar-refractivity contribution in [2.45, 2.75) is 48.0 Å². The van der Waals surface area contributed by atoms with Gasteiger partial charge in [0.15, 0.2) is 0 Å². The first kappa shape index (κ1) is 31.1. The number of allylic oxidation sites excluding steroid dienone is 2. The van der Waals surface area contributed by atoms with Crippen LogP contribution in [0.3, 0.4) is 0 Å². The Morgan fingerprint density at radius 1 is 0.644 bits per heavy atom. The van der Waals surface area contributed by atoms with Gasteiger partial charge in [0, 0.05) is 0 Å². The van der Waals surface area contributed by atoms with Gasteiger partial charge in [0.1, 0.15) is 0 Å². The predicted molar refractivity (Wildman–Crippen MR) is 199 cm³/mol. The number of benzene rings is 5. The first-order valence-corrected chi connectivity index (χ1v) is 32.6. The van der Waals surface area contributed by atoms with Crippen LogP contribution in [0.4, 0.5) is 0 Å². The second kappa shape index (κ2) is 11.3. The van der Waals surface area contributed by atoms with Crippen LogP contribution in [0.2, 0.25) is 13.1 Å². The van der Waals surface area contributed by atoms with E-state index in [0.717, 1.165) is 0 Å². The molecule has 0 heterocycles. The third-order valence-electron chi connectivity index (χ3n) is 10.8. The predicted octanol–water partition coefficient (Wildman–Crippen LogP) is 12.7. The first-order valence-electron chi connectivity index (χ1n) is 16.3. The molecule has 0 aliphatic heterocycles. The monoisotopic (exact) mass is 721 g/mol. The van der Waals surface area contributed by atoms with Gasteiger partial charge in [0.05, 0.1) is 0 Å². The molecule has 0 nitrogen and oxygen atoms in total. The quantitative estimate of drug-likeness (QED) is 0.153. The van der Waals surface area contributed by atoms with E-state index in [1.54, 1.807) is 0 Å². The average Bonchev–Trinajstić information content (AvgIpc) is 3.62. The molecule has 0 saturated carbocycles. The van der Waals surface area contributed by atoms with Crippen molar-refractivity contribution in [1.29, 1.82) is 0 Å². The Hall–Kier alpha value is -2.48. The molecule has 5 aromatic rings. The van der Waals surface area contributed by atoms with Crippen molar-refractivity contribution >= 4 is 45.9 Å². The fraction of sp³-hybridized carbons (Fsp3) is 0.220. The summed E-state index contributed by atoms with van der Waals surface area (Å²) in [4.78, 5) is 0. The number of halogens is 2. The summed E-state index contributed by atoms with van der Waals surface area (Å²) in [6, 6.07) is 37.6. The molecule has 2 atom stereocenters. The van der Waals surface area contributed by atoms with Gasteiger partial charge in [-0.2, -0.15) is 0 Å². The first-order chi connectivity index (χ1) is 21.5. The molecule has 0 bridgehead atoms. The summed E-state index contributed by atoms with van der Waals surface area (Å²) < 4.78 is 0.157. The van der Waals surface area contributed by atoms with Crippen molar-refractivity contribution in [2.75, 3.05) is 0 Å². The van der Waals surface area contributed by atoms with Crippen molar-refractivity contribution in [2.24, 2.45) is 5.92 Å². The molecule has 227 valence electrons. The zero-order chi connectivity index (χ0) is 31.7. The molecule has 0 spiro atoms. The van der Waals surface area contributed by atoms with E-state index in [-0.39, 0.29) is 7.25 Å². The minimum absolute atomic E-state index is 0.0745. The fourth-order valence-corrected chi connectivity index (χ4v) is 40.7. The summed E-state index contributed by atoms with van der Waals surface area (Å²) in [6.45, 7) is 14.1. The number of fused-ring (bicyclic) bond motifs is 3. The number of hydrogen-bond acceptors (Lipinski definition) is 0. The average molecular weight is 724 g/mol. The molecule has 5 aromatic carbocycles. The van der Waals surface area contributed by atoms with Crippen LogP contribution in [0.1, 0.15) is 55.8 Å². The Kier molecular flexibility index (Phi) is 7.85. The van der Waals surface area contributed by atoms with Crippen molar-refractivity contribution in [3.63, 3.8) is 0 Å². The second-order valence-corrected chi connectivity index (χ2v) is 56.4. The van der Waals surface area contributed by atoms with E-state index < -0.39 is 21.5 Å². The molecule has 45 heavy (non-hydrogen) atoms. The molecule has 2 unspecified atom stereocenters. The summed E-state index contributed by atoms with van der Waals surface area (Å²) in [5.74, 6) is -1.30. The van der Waals surface area contributed by atoms with Gasteiger partial charge in [-0.1, -0.05) is 0 Å². The van der Waals surface area contributed by atoms with Crippen molar-refractivity contribution in [1.82, 2.24) is 0 Å². The minimum atomic E-state index is -4.84. The van der Waals surface area contributed by atoms with E-state index in [2.05, 4.69) is 156 Å². The summed E-state index contributed by atoms with van der Waals surface area (Å²) in [6.07, 6.45) is 4.91.